The minimum atomic E-state index is -0.397. The third-order valence-electron chi connectivity index (χ3n) is 8.04. The zero-order chi connectivity index (χ0) is 30.9. The molecule has 0 spiro atoms. The molecule has 8 heteroatoms. The van der Waals surface area contributed by atoms with Crippen LogP contribution in [0.2, 0.25) is 0 Å². The van der Waals surface area contributed by atoms with E-state index in [4.69, 9.17) is 9.47 Å². The fourth-order valence-corrected chi connectivity index (χ4v) is 6.10. The number of ether oxygens (including phenoxy) is 2. The largest absolute Gasteiger partial charge is 0.493 e. The molecular formula is C35H34N2O6. The molecule has 0 bridgehead atoms. The second-order valence-corrected chi connectivity index (χ2v) is 12.4. The molecule has 0 atom stereocenters. The summed E-state index contributed by atoms with van der Waals surface area (Å²) in [5.74, 6) is 0.311. The van der Waals surface area contributed by atoms with Crippen molar-refractivity contribution < 1.29 is 28.7 Å². The highest BCUT2D eigenvalue weighted by Gasteiger charge is 2.35. The molecule has 0 aromatic heterocycles. The molecule has 0 unspecified atom stereocenters. The Kier molecular flexibility index (Phi) is 6.75. The second-order valence-electron chi connectivity index (χ2n) is 12.4. The van der Waals surface area contributed by atoms with E-state index < -0.39 is 5.91 Å². The van der Waals surface area contributed by atoms with Crippen LogP contribution >= 0.6 is 0 Å². The fraction of sp³-hybridized carbons (Fsp3) is 0.314. The maximum absolute atomic E-state index is 13.6. The van der Waals surface area contributed by atoms with Crippen molar-refractivity contribution in [3.05, 3.63) is 58.7 Å². The van der Waals surface area contributed by atoms with Crippen LogP contribution in [-0.4, -0.2) is 68.2 Å². The van der Waals surface area contributed by atoms with E-state index in [0.29, 0.717) is 73.9 Å². The van der Waals surface area contributed by atoms with Gasteiger partial charge in [0.2, 0.25) is 0 Å². The Labute approximate surface area is 249 Å². The van der Waals surface area contributed by atoms with Crippen molar-refractivity contribution in [2.45, 2.75) is 27.7 Å². The number of carbonyl (C=O) groups is 4. The average molecular weight is 579 g/mol. The number of hydrogen-bond donors (Lipinski definition) is 0. The molecule has 0 saturated heterocycles. The Morgan fingerprint density at radius 1 is 0.767 bits per heavy atom. The molecule has 8 nitrogen and oxygen atoms in total. The lowest BCUT2D eigenvalue weighted by atomic mass is 9.82. The molecule has 43 heavy (non-hydrogen) atoms. The number of benzene rings is 5. The molecule has 5 aromatic rings. The number of fused-ring (bicyclic) bond motifs is 2. The minimum absolute atomic E-state index is 0.189. The van der Waals surface area contributed by atoms with Crippen molar-refractivity contribution in [3.63, 3.8) is 0 Å². The van der Waals surface area contributed by atoms with Crippen molar-refractivity contribution >= 4 is 67.1 Å². The van der Waals surface area contributed by atoms with Crippen molar-refractivity contribution in [1.82, 2.24) is 9.80 Å². The van der Waals surface area contributed by atoms with Gasteiger partial charge in [-0.05, 0) is 40.8 Å². The van der Waals surface area contributed by atoms with Gasteiger partial charge in [0.05, 0.1) is 24.3 Å². The number of carbonyl (C=O) groups excluding carboxylic acids is 4. The highest BCUT2D eigenvalue weighted by Crippen LogP contribution is 2.51. The van der Waals surface area contributed by atoms with E-state index in [2.05, 4.69) is 0 Å². The average Bonchev–Trinajstić information content (AvgIpc) is 2.98. The van der Waals surface area contributed by atoms with Crippen LogP contribution in [0.3, 0.4) is 0 Å². The fourth-order valence-electron chi connectivity index (χ4n) is 6.10. The zero-order valence-electron chi connectivity index (χ0n) is 25.5. The predicted octanol–water partition coefficient (Wildman–Crippen LogP) is 6.55. The lowest BCUT2D eigenvalue weighted by Crippen LogP contribution is -2.37. The van der Waals surface area contributed by atoms with Gasteiger partial charge in [0.15, 0.2) is 6.29 Å². The van der Waals surface area contributed by atoms with Crippen LogP contribution in [0.25, 0.3) is 43.1 Å². The lowest BCUT2D eigenvalue weighted by Gasteiger charge is -2.28. The van der Waals surface area contributed by atoms with Crippen LogP contribution in [0.15, 0.2) is 36.4 Å². The Hall–Kier alpha value is -4.72. The van der Waals surface area contributed by atoms with Crippen molar-refractivity contribution in [1.29, 1.82) is 0 Å². The Morgan fingerprint density at radius 3 is 1.86 bits per heavy atom. The van der Waals surface area contributed by atoms with E-state index in [1.165, 1.54) is 11.9 Å². The normalized spacial score (nSPS) is 13.4. The van der Waals surface area contributed by atoms with E-state index in [0.717, 1.165) is 27.3 Å². The summed E-state index contributed by atoms with van der Waals surface area (Å²) in [7, 11) is 4.83. The predicted molar refractivity (Wildman–Crippen MR) is 168 cm³/mol. The van der Waals surface area contributed by atoms with Gasteiger partial charge < -0.3 is 14.4 Å². The van der Waals surface area contributed by atoms with Crippen LogP contribution in [0.4, 0.5) is 0 Å². The van der Waals surface area contributed by atoms with Gasteiger partial charge in [-0.15, -0.1) is 0 Å². The Balaban J connectivity index is 1.93. The first-order valence-corrected chi connectivity index (χ1v) is 14.5. The zero-order valence-corrected chi connectivity index (χ0v) is 25.5. The summed E-state index contributed by atoms with van der Waals surface area (Å²) in [6, 6.07) is 10.7. The standard InChI is InChI=1S/C35H34N2O6/c1-17(2)15-42-25-12-23(33(39)36(5)6)27-19(14-38)8-9-20-21-10-11-22-28-24(35(41)37(7)34(22)40)13-26(43-16-18(3)4)32(30(21)28)31(25)29(20)27/h8-14,17-18H,15-16H2,1-7H3. The van der Waals surface area contributed by atoms with Gasteiger partial charge in [0.1, 0.15) is 11.5 Å². The van der Waals surface area contributed by atoms with Gasteiger partial charge in [-0.2, -0.15) is 0 Å². The highest BCUT2D eigenvalue weighted by atomic mass is 16.5. The number of nitrogens with zero attached hydrogens (tertiary/aromatic N) is 2. The van der Waals surface area contributed by atoms with Crippen molar-refractivity contribution in [3.8, 4) is 11.5 Å². The van der Waals surface area contributed by atoms with Gasteiger partial charge in [0, 0.05) is 64.6 Å². The number of imide groups is 1. The molecule has 5 aromatic carbocycles. The van der Waals surface area contributed by atoms with Gasteiger partial charge in [-0.1, -0.05) is 45.9 Å². The first-order chi connectivity index (χ1) is 20.5. The van der Waals surface area contributed by atoms with Crippen molar-refractivity contribution in [2.75, 3.05) is 34.4 Å². The molecule has 0 N–H and O–H groups in total. The summed E-state index contributed by atoms with van der Waals surface area (Å²) in [5.41, 5.74) is 1.56. The number of amides is 3. The third kappa shape index (κ3) is 4.19. The lowest BCUT2D eigenvalue weighted by molar-refractivity contribution is 0.0649. The molecule has 0 radical (unpaired) electrons. The molecule has 1 aliphatic heterocycles. The first kappa shape index (κ1) is 28.4. The highest BCUT2D eigenvalue weighted by molar-refractivity contribution is 6.41. The Morgan fingerprint density at radius 2 is 1.30 bits per heavy atom. The summed E-state index contributed by atoms with van der Waals surface area (Å²) >= 11 is 0. The van der Waals surface area contributed by atoms with Crippen LogP contribution in [0.1, 0.15) is 69.1 Å². The van der Waals surface area contributed by atoms with Crippen molar-refractivity contribution in [2.24, 2.45) is 11.8 Å². The summed E-state index contributed by atoms with van der Waals surface area (Å²) in [4.78, 5) is 55.6. The SMILES string of the molecule is CC(C)COc1cc(C(=O)N(C)C)c2c(C=O)ccc3c4ccc5c6c(cc(OCC(C)C)c(c1c23)c64)C(=O)N(C)C5=O. The molecule has 0 saturated carbocycles. The smallest absolute Gasteiger partial charge is 0.261 e. The van der Waals surface area contributed by atoms with Crippen LogP contribution < -0.4 is 9.47 Å². The second kappa shape index (κ2) is 10.2. The molecule has 220 valence electrons. The van der Waals surface area contributed by atoms with E-state index in [9.17, 15) is 19.2 Å². The van der Waals surface area contributed by atoms with Gasteiger partial charge in [-0.25, -0.2) is 0 Å². The number of hydrogen-bond acceptors (Lipinski definition) is 6. The third-order valence-corrected chi connectivity index (χ3v) is 8.04. The van der Waals surface area contributed by atoms with Gasteiger partial charge in [-0.3, -0.25) is 24.1 Å². The first-order valence-electron chi connectivity index (χ1n) is 14.5. The van der Waals surface area contributed by atoms with Gasteiger partial charge >= 0.3 is 0 Å². The van der Waals surface area contributed by atoms with Gasteiger partial charge in [0.25, 0.3) is 17.7 Å². The molecule has 0 fully saturated rings. The van der Waals surface area contributed by atoms with Crippen LogP contribution in [0, 0.1) is 11.8 Å². The molecule has 0 aliphatic carbocycles. The maximum Gasteiger partial charge on any atom is 0.261 e. The summed E-state index contributed by atoms with van der Waals surface area (Å²) in [5, 5.41) is 5.45. The van der Waals surface area contributed by atoms with Crippen LogP contribution in [-0.2, 0) is 0 Å². The van der Waals surface area contributed by atoms with E-state index in [1.54, 1.807) is 38.4 Å². The van der Waals surface area contributed by atoms with E-state index >= 15 is 0 Å². The summed E-state index contributed by atoms with van der Waals surface area (Å²) in [6.07, 6.45) is 0.767. The molecule has 1 heterocycles. The van der Waals surface area contributed by atoms with Crippen LogP contribution in [0.5, 0.6) is 11.5 Å². The maximum atomic E-state index is 13.6. The molecule has 1 aliphatic rings. The Bertz CT molecular complexity index is 2010. The van der Waals surface area contributed by atoms with E-state index in [1.807, 2.05) is 39.8 Å². The molecule has 3 amide bonds. The summed E-state index contributed by atoms with van der Waals surface area (Å²) in [6.45, 7) is 8.94. The topological polar surface area (TPSA) is 93.2 Å². The summed E-state index contributed by atoms with van der Waals surface area (Å²) < 4.78 is 12.9. The molecule has 6 rings (SSSR count). The van der Waals surface area contributed by atoms with E-state index in [-0.39, 0.29) is 23.7 Å². The molecular weight excluding hydrogens is 544 g/mol. The quantitative estimate of drug-likeness (QED) is 0.0898. The monoisotopic (exact) mass is 578 g/mol. The number of aldehydes is 1. The minimum Gasteiger partial charge on any atom is -0.493 e. The number of rotatable bonds is 8.